The minimum Gasteiger partial charge on any atom is -0.387 e. The van der Waals surface area contributed by atoms with Crippen molar-refractivity contribution < 1.29 is 5.11 Å². The van der Waals surface area contributed by atoms with E-state index >= 15 is 0 Å². The van der Waals surface area contributed by atoms with E-state index in [1.54, 1.807) is 0 Å². The Bertz CT molecular complexity index is 651. The Morgan fingerprint density at radius 2 is 1.67 bits per heavy atom. The molecule has 1 aliphatic heterocycles. The molecule has 0 unspecified atom stereocenters. The molecule has 0 aromatic heterocycles. The molecule has 0 amide bonds. The Morgan fingerprint density at radius 3 is 2.33 bits per heavy atom. The third kappa shape index (κ3) is 4.81. The molecule has 0 spiro atoms. The molecule has 1 heterocycles. The minimum atomic E-state index is -0.479. The predicted octanol–water partition coefficient (Wildman–Crippen LogP) is 3.50. The van der Waals surface area contributed by atoms with Gasteiger partial charge in [0.05, 0.1) is 6.10 Å². The summed E-state index contributed by atoms with van der Waals surface area (Å²) < 4.78 is 0. The molecule has 0 radical (unpaired) electrons. The number of rotatable bonds is 5. The summed E-state index contributed by atoms with van der Waals surface area (Å²) in [6.07, 6.45) is -0.479. The van der Waals surface area contributed by atoms with Crippen LogP contribution >= 0.6 is 11.6 Å². The van der Waals surface area contributed by atoms with Crippen LogP contribution in [0, 0.1) is 6.92 Å². The molecule has 1 saturated heterocycles. The van der Waals surface area contributed by atoms with E-state index in [2.05, 4.69) is 41.0 Å². The molecule has 128 valence electrons. The van der Waals surface area contributed by atoms with Crippen LogP contribution in [-0.4, -0.2) is 47.6 Å². The maximum Gasteiger partial charge on any atom is 0.0917 e. The van der Waals surface area contributed by atoms with Gasteiger partial charge in [-0.25, -0.2) is 0 Å². The van der Waals surface area contributed by atoms with Gasteiger partial charge in [-0.15, -0.1) is 0 Å². The van der Waals surface area contributed by atoms with Crippen LogP contribution in [0.1, 0.15) is 22.8 Å². The fourth-order valence-electron chi connectivity index (χ4n) is 3.15. The second kappa shape index (κ2) is 8.13. The summed E-state index contributed by atoms with van der Waals surface area (Å²) in [5.74, 6) is 0. The highest BCUT2D eigenvalue weighted by Gasteiger charge is 2.20. The van der Waals surface area contributed by atoms with Gasteiger partial charge in [-0.05, 0) is 30.2 Å². The normalized spacial score (nSPS) is 17.8. The summed E-state index contributed by atoms with van der Waals surface area (Å²) in [6.45, 7) is 7.84. The second-order valence-corrected chi connectivity index (χ2v) is 7.07. The van der Waals surface area contributed by atoms with Gasteiger partial charge < -0.3 is 5.11 Å². The standard InChI is InChI=1S/C20H25ClN2O/c1-16-5-7-17(8-6-16)14-22-9-11-23(12-10-22)15-20(24)18-3-2-4-19(21)13-18/h2-8,13,20,24H,9-12,14-15H2,1H3/t20-/m0/s1. The predicted molar refractivity (Wildman–Crippen MR) is 99.3 cm³/mol. The summed E-state index contributed by atoms with van der Waals surface area (Å²) in [5, 5.41) is 11.1. The molecule has 1 fully saturated rings. The Kier molecular flexibility index (Phi) is 5.90. The van der Waals surface area contributed by atoms with Crippen molar-refractivity contribution in [2.75, 3.05) is 32.7 Å². The van der Waals surface area contributed by atoms with Crippen molar-refractivity contribution in [3.63, 3.8) is 0 Å². The average Bonchev–Trinajstić information content (AvgIpc) is 2.59. The number of halogens is 1. The number of aryl methyl sites for hydroxylation is 1. The van der Waals surface area contributed by atoms with Gasteiger partial charge in [0.25, 0.3) is 0 Å². The Hall–Kier alpha value is -1.39. The number of hydrogen-bond acceptors (Lipinski definition) is 3. The SMILES string of the molecule is Cc1ccc(CN2CCN(C[C@H](O)c3cccc(Cl)c3)CC2)cc1. The second-order valence-electron chi connectivity index (χ2n) is 6.63. The number of β-amino-alcohol motifs (C(OH)–C–C–N with tert-alkyl or cyclic N) is 1. The van der Waals surface area contributed by atoms with Crippen molar-refractivity contribution in [3.8, 4) is 0 Å². The molecular formula is C20H25ClN2O. The first-order valence-electron chi connectivity index (χ1n) is 8.54. The quantitative estimate of drug-likeness (QED) is 0.899. The van der Waals surface area contributed by atoms with Crippen LogP contribution < -0.4 is 0 Å². The number of aliphatic hydroxyl groups is 1. The zero-order valence-electron chi connectivity index (χ0n) is 14.2. The number of nitrogens with zero attached hydrogens (tertiary/aromatic N) is 2. The minimum absolute atomic E-state index is 0.479. The van der Waals surface area contributed by atoms with Crippen LogP contribution in [0.15, 0.2) is 48.5 Å². The molecule has 0 aliphatic carbocycles. The van der Waals surface area contributed by atoms with E-state index in [1.807, 2.05) is 24.3 Å². The molecule has 0 bridgehead atoms. The number of piperazine rings is 1. The van der Waals surface area contributed by atoms with Gasteiger partial charge >= 0.3 is 0 Å². The number of hydrogen-bond donors (Lipinski definition) is 1. The molecule has 1 atom stereocenters. The van der Waals surface area contributed by atoms with Crippen LogP contribution in [0.3, 0.4) is 0 Å². The summed E-state index contributed by atoms with van der Waals surface area (Å²) >= 11 is 6.01. The first-order chi connectivity index (χ1) is 11.6. The highest BCUT2D eigenvalue weighted by molar-refractivity contribution is 6.30. The topological polar surface area (TPSA) is 26.7 Å². The lowest BCUT2D eigenvalue weighted by Gasteiger charge is -2.35. The highest BCUT2D eigenvalue weighted by Crippen LogP contribution is 2.19. The van der Waals surface area contributed by atoms with E-state index in [0.29, 0.717) is 11.6 Å². The molecule has 1 N–H and O–H groups in total. The van der Waals surface area contributed by atoms with Crippen molar-refractivity contribution >= 4 is 11.6 Å². The molecule has 2 aromatic rings. The first-order valence-corrected chi connectivity index (χ1v) is 8.92. The van der Waals surface area contributed by atoms with Crippen molar-refractivity contribution in [1.29, 1.82) is 0 Å². The lowest BCUT2D eigenvalue weighted by atomic mass is 10.1. The molecule has 0 saturated carbocycles. The van der Waals surface area contributed by atoms with Crippen LogP contribution in [0.5, 0.6) is 0 Å². The Morgan fingerprint density at radius 1 is 1.00 bits per heavy atom. The fraction of sp³-hybridized carbons (Fsp3) is 0.400. The van der Waals surface area contributed by atoms with Crippen LogP contribution in [-0.2, 0) is 6.54 Å². The summed E-state index contributed by atoms with van der Waals surface area (Å²) in [7, 11) is 0. The van der Waals surface area contributed by atoms with Gasteiger partial charge in [-0.3, -0.25) is 9.80 Å². The van der Waals surface area contributed by atoms with E-state index in [9.17, 15) is 5.11 Å². The number of benzene rings is 2. The Labute approximate surface area is 149 Å². The van der Waals surface area contributed by atoms with E-state index in [-0.39, 0.29) is 0 Å². The van der Waals surface area contributed by atoms with E-state index < -0.39 is 6.10 Å². The largest absolute Gasteiger partial charge is 0.387 e. The van der Waals surface area contributed by atoms with Crippen molar-refractivity contribution in [1.82, 2.24) is 9.80 Å². The van der Waals surface area contributed by atoms with E-state index in [4.69, 9.17) is 11.6 Å². The van der Waals surface area contributed by atoms with Crippen LogP contribution in [0.4, 0.5) is 0 Å². The lowest BCUT2D eigenvalue weighted by Crippen LogP contribution is -2.47. The molecular weight excluding hydrogens is 320 g/mol. The first kappa shape index (κ1) is 17.4. The molecule has 3 rings (SSSR count). The highest BCUT2D eigenvalue weighted by atomic mass is 35.5. The van der Waals surface area contributed by atoms with Crippen molar-refractivity contribution in [2.45, 2.75) is 19.6 Å². The molecule has 2 aromatic carbocycles. The van der Waals surface area contributed by atoms with Crippen LogP contribution in [0.2, 0.25) is 5.02 Å². The van der Waals surface area contributed by atoms with Gasteiger partial charge in [-0.1, -0.05) is 53.6 Å². The maximum atomic E-state index is 10.4. The Balaban J connectivity index is 1.47. The lowest BCUT2D eigenvalue weighted by molar-refractivity contribution is 0.0701. The smallest absolute Gasteiger partial charge is 0.0917 e. The summed E-state index contributed by atoms with van der Waals surface area (Å²) in [5.41, 5.74) is 3.57. The molecule has 1 aliphatic rings. The third-order valence-electron chi connectivity index (χ3n) is 4.66. The number of aliphatic hydroxyl groups excluding tert-OH is 1. The van der Waals surface area contributed by atoms with Crippen LogP contribution in [0.25, 0.3) is 0 Å². The van der Waals surface area contributed by atoms with Gasteiger partial charge in [0.1, 0.15) is 0 Å². The summed E-state index contributed by atoms with van der Waals surface area (Å²) in [6, 6.07) is 16.3. The van der Waals surface area contributed by atoms with E-state index in [1.165, 1.54) is 11.1 Å². The van der Waals surface area contributed by atoms with E-state index in [0.717, 1.165) is 38.3 Å². The van der Waals surface area contributed by atoms with Gasteiger partial charge in [0.2, 0.25) is 0 Å². The molecule has 4 heteroatoms. The van der Waals surface area contributed by atoms with Crippen molar-refractivity contribution in [3.05, 3.63) is 70.2 Å². The zero-order valence-corrected chi connectivity index (χ0v) is 14.9. The maximum absolute atomic E-state index is 10.4. The average molecular weight is 345 g/mol. The summed E-state index contributed by atoms with van der Waals surface area (Å²) in [4.78, 5) is 4.81. The molecule has 24 heavy (non-hydrogen) atoms. The monoisotopic (exact) mass is 344 g/mol. The third-order valence-corrected chi connectivity index (χ3v) is 4.89. The van der Waals surface area contributed by atoms with Crippen molar-refractivity contribution in [2.24, 2.45) is 0 Å². The zero-order chi connectivity index (χ0) is 16.9. The van der Waals surface area contributed by atoms with Gasteiger partial charge in [-0.2, -0.15) is 0 Å². The fourth-order valence-corrected chi connectivity index (χ4v) is 3.34. The van der Waals surface area contributed by atoms with Gasteiger partial charge in [0, 0.05) is 44.3 Å². The van der Waals surface area contributed by atoms with Gasteiger partial charge in [0.15, 0.2) is 0 Å². The molecule has 3 nitrogen and oxygen atoms in total.